The van der Waals surface area contributed by atoms with E-state index in [-0.39, 0.29) is 5.56 Å². The van der Waals surface area contributed by atoms with E-state index in [1.54, 1.807) is 6.08 Å². The van der Waals surface area contributed by atoms with Crippen LogP contribution in [0, 0.1) is 6.92 Å². The third-order valence-electron chi connectivity index (χ3n) is 4.50. The lowest BCUT2D eigenvalue weighted by Crippen LogP contribution is -2.23. The fourth-order valence-electron chi connectivity index (χ4n) is 3.02. The zero-order valence-electron chi connectivity index (χ0n) is 15.3. The summed E-state index contributed by atoms with van der Waals surface area (Å²) in [4.78, 5) is 17.8. The molecule has 0 radical (unpaired) electrons. The van der Waals surface area contributed by atoms with Gasteiger partial charge in [0.15, 0.2) is 5.82 Å². The fraction of sp³-hybridized carbons (Fsp3) is 0.0455. The van der Waals surface area contributed by atoms with Gasteiger partial charge in [-0.25, -0.2) is 0 Å². The average Bonchev–Trinajstić information content (AvgIpc) is 3.41. The van der Waals surface area contributed by atoms with E-state index in [2.05, 4.69) is 10.1 Å². The highest BCUT2D eigenvalue weighted by Crippen LogP contribution is 2.25. The monoisotopic (exact) mass is 419 g/mol. The molecule has 0 saturated carbocycles. The molecule has 0 N–H and O–H groups in total. The van der Waals surface area contributed by atoms with E-state index in [1.165, 1.54) is 15.9 Å². The van der Waals surface area contributed by atoms with Gasteiger partial charge in [-0.3, -0.25) is 4.79 Å². The molecular weight excluding hydrogens is 406 g/mol. The normalized spacial score (nSPS) is 12.1. The van der Waals surface area contributed by atoms with Crippen LogP contribution in [-0.2, 0) is 0 Å². The van der Waals surface area contributed by atoms with Gasteiger partial charge in [0.2, 0.25) is 4.96 Å². The fourth-order valence-corrected chi connectivity index (χ4v) is 4.09. The highest BCUT2D eigenvalue weighted by molar-refractivity contribution is 7.15. The van der Waals surface area contributed by atoms with Crippen molar-refractivity contribution in [3.8, 4) is 22.7 Å². The molecule has 2 aromatic carbocycles. The number of nitrogens with zero attached hydrogens (tertiary/aromatic N) is 3. The Morgan fingerprint density at radius 2 is 1.90 bits per heavy atom. The molecule has 0 aliphatic rings. The number of thiazole rings is 1. The molecule has 3 aromatic heterocycles. The molecule has 0 aliphatic carbocycles. The molecule has 0 saturated heterocycles. The van der Waals surface area contributed by atoms with Crippen molar-refractivity contribution < 1.29 is 4.42 Å². The van der Waals surface area contributed by atoms with Crippen LogP contribution in [0.3, 0.4) is 0 Å². The summed E-state index contributed by atoms with van der Waals surface area (Å²) in [5.74, 6) is 1.81. The second kappa shape index (κ2) is 6.99. The van der Waals surface area contributed by atoms with Crippen LogP contribution in [0.25, 0.3) is 33.7 Å². The molecule has 5 rings (SSSR count). The molecule has 7 heteroatoms. The Hall–Kier alpha value is -3.22. The molecule has 0 spiro atoms. The summed E-state index contributed by atoms with van der Waals surface area (Å²) in [7, 11) is 0. The molecular formula is C22H14ClN3O2S. The lowest BCUT2D eigenvalue weighted by Gasteiger charge is -1.96. The van der Waals surface area contributed by atoms with E-state index in [4.69, 9.17) is 16.0 Å². The third-order valence-corrected chi connectivity index (χ3v) is 5.70. The van der Waals surface area contributed by atoms with Gasteiger partial charge in [-0.1, -0.05) is 64.9 Å². The van der Waals surface area contributed by atoms with Crippen molar-refractivity contribution in [3.63, 3.8) is 0 Å². The van der Waals surface area contributed by atoms with Gasteiger partial charge in [-0.15, -0.1) is 5.10 Å². The van der Waals surface area contributed by atoms with Gasteiger partial charge in [0.25, 0.3) is 5.56 Å². The van der Waals surface area contributed by atoms with Crippen LogP contribution < -0.4 is 10.1 Å². The summed E-state index contributed by atoms with van der Waals surface area (Å²) < 4.78 is 7.72. The first-order valence-electron chi connectivity index (χ1n) is 8.91. The highest BCUT2D eigenvalue weighted by atomic mass is 35.5. The minimum absolute atomic E-state index is 0.212. The van der Waals surface area contributed by atoms with E-state index in [1.807, 2.05) is 67.6 Å². The Morgan fingerprint density at radius 3 is 2.66 bits per heavy atom. The van der Waals surface area contributed by atoms with Crippen LogP contribution in [0.15, 0.2) is 69.9 Å². The highest BCUT2D eigenvalue weighted by Gasteiger charge is 2.12. The Bertz CT molecular complexity index is 1450. The molecule has 29 heavy (non-hydrogen) atoms. The molecule has 0 bridgehead atoms. The van der Waals surface area contributed by atoms with Crippen LogP contribution in [0.1, 0.15) is 11.3 Å². The predicted octanol–water partition coefficient (Wildman–Crippen LogP) is 4.59. The van der Waals surface area contributed by atoms with Crippen molar-refractivity contribution in [2.45, 2.75) is 6.92 Å². The molecule has 0 aliphatic heterocycles. The summed E-state index contributed by atoms with van der Waals surface area (Å²) in [6.07, 6.45) is 1.71. The number of aromatic nitrogens is 3. The Balaban J connectivity index is 1.52. The quantitative estimate of drug-likeness (QED) is 0.429. The predicted molar refractivity (Wildman–Crippen MR) is 115 cm³/mol. The maximum atomic E-state index is 12.7. The molecule has 0 fully saturated rings. The number of rotatable bonds is 3. The molecule has 0 atom stereocenters. The van der Waals surface area contributed by atoms with Crippen LogP contribution in [0.5, 0.6) is 0 Å². The molecule has 5 nitrogen and oxygen atoms in total. The number of benzene rings is 2. The summed E-state index contributed by atoms with van der Waals surface area (Å²) >= 11 is 7.33. The Kier molecular flexibility index (Phi) is 4.30. The number of aryl methyl sites for hydroxylation is 1. The first kappa shape index (κ1) is 17.8. The maximum Gasteiger partial charge on any atom is 0.291 e. The van der Waals surface area contributed by atoms with E-state index >= 15 is 0 Å². The van der Waals surface area contributed by atoms with Crippen molar-refractivity contribution in [1.29, 1.82) is 0 Å². The second-order valence-electron chi connectivity index (χ2n) is 6.62. The van der Waals surface area contributed by atoms with Crippen LogP contribution in [0.4, 0.5) is 0 Å². The lowest BCUT2D eigenvalue weighted by molar-refractivity contribution is 0.571. The number of hydrogen-bond donors (Lipinski definition) is 0. The second-order valence-corrected chi connectivity index (χ2v) is 8.07. The van der Waals surface area contributed by atoms with Crippen molar-refractivity contribution >= 4 is 34.0 Å². The Labute approximate surface area is 174 Å². The summed E-state index contributed by atoms with van der Waals surface area (Å²) in [5, 5.41) is 5.02. The number of fused-ring (bicyclic) bond motifs is 1. The largest absolute Gasteiger partial charge is 0.457 e. The third kappa shape index (κ3) is 3.37. The van der Waals surface area contributed by atoms with Gasteiger partial charge in [0.05, 0.1) is 0 Å². The molecule has 3 heterocycles. The Morgan fingerprint density at radius 1 is 1.07 bits per heavy atom. The van der Waals surface area contributed by atoms with Crippen molar-refractivity contribution in [1.82, 2.24) is 14.6 Å². The van der Waals surface area contributed by atoms with Gasteiger partial charge < -0.3 is 4.42 Å². The summed E-state index contributed by atoms with van der Waals surface area (Å²) in [6.45, 7) is 2.02. The van der Waals surface area contributed by atoms with Crippen molar-refractivity contribution in [2.24, 2.45) is 0 Å². The number of hydrogen-bond acceptors (Lipinski definition) is 5. The standard InChI is InChI=1S/C22H14ClN3O2S/c1-13-5-7-14(8-6-13)20-24-22-26(25-20)21(27)19(29-22)12-17-9-10-18(28-17)15-3-2-4-16(23)11-15/h2-12H,1H3. The van der Waals surface area contributed by atoms with Gasteiger partial charge in [0, 0.05) is 22.2 Å². The minimum Gasteiger partial charge on any atom is -0.457 e. The van der Waals surface area contributed by atoms with E-state index < -0.39 is 0 Å². The zero-order chi connectivity index (χ0) is 20.0. The van der Waals surface area contributed by atoms with Crippen molar-refractivity contribution in [3.05, 3.63) is 91.9 Å². The molecule has 0 amide bonds. The lowest BCUT2D eigenvalue weighted by atomic mass is 10.1. The SMILES string of the molecule is Cc1ccc(-c2nc3sc(=Cc4ccc(-c5cccc(Cl)c5)o4)c(=O)n3n2)cc1. The number of furan rings is 1. The average molecular weight is 420 g/mol. The number of halogens is 1. The van der Waals surface area contributed by atoms with Gasteiger partial charge in [0.1, 0.15) is 16.1 Å². The topological polar surface area (TPSA) is 60.4 Å². The minimum atomic E-state index is -0.212. The summed E-state index contributed by atoms with van der Waals surface area (Å²) in [5.41, 5.74) is 2.71. The van der Waals surface area contributed by atoms with Gasteiger partial charge in [-0.05, 0) is 31.2 Å². The van der Waals surface area contributed by atoms with Gasteiger partial charge >= 0.3 is 0 Å². The van der Waals surface area contributed by atoms with Crippen molar-refractivity contribution in [2.75, 3.05) is 0 Å². The van der Waals surface area contributed by atoms with Crippen LogP contribution >= 0.6 is 22.9 Å². The van der Waals surface area contributed by atoms with E-state index in [0.29, 0.717) is 31.9 Å². The zero-order valence-corrected chi connectivity index (χ0v) is 16.9. The smallest absolute Gasteiger partial charge is 0.291 e. The van der Waals surface area contributed by atoms with Crippen LogP contribution in [0.2, 0.25) is 5.02 Å². The van der Waals surface area contributed by atoms with E-state index in [9.17, 15) is 4.79 Å². The first-order chi connectivity index (χ1) is 14.1. The maximum absolute atomic E-state index is 12.7. The van der Waals surface area contributed by atoms with Gasteiger partial charge in [-0.2, -0.15) is 9.50 Å². The molecule has 5 aromatic rings. The molecule has 0 unspecified atom stereocenters. The molecule has 142 valence electrons. The first-order valence-corrected chi connectivity index (χ1v) is 10.1. The summed E-state index contributed by atoms with van der Waals surface area (Å²) in [6, 6.07) is 19.0. The van der Waals surface area contributed by atoms with Crippen LogP contribution in [-0.4, -0.2) is 14.6 Å². The van der Waals surface area contributed by atoms with E-state index in [0.717, 1.165) is 16.7 Å².